The van der Waals surface area contributed by atoms with Gasteiger partial charge in [-0.15, -0.1) is 0 Å². The summed E-state index contributed by atoms with van der Waals surface area (Å²) in [6, 6.07) is 7.17. The van der Waals surface area contributed by atoms with Crippen LogP contribution >= 0.6 is 0 Å². The van der Waals surface area contributed by atoms with Gasteiger partial charge in [-0.2, -0.15) is 0 Å². The number of hydrogen-bond acceptors (Lipinski definition) is 3. The lowest BCUT2D eigenvalue weighted by Gasteiger charge is -2.32. The lowest BCUT2D eigenvalue weighted by Crippen LogP contribution is -2.37. The Balaban J connectivity index is 1.92. The van der Waals surface area contributed by atoms with Crippen LogP contribution in [0.2, 0.25) is 0 Å². The van der Waals surface area contributed by atoms with Crippen molar-refractivity contribution in [2.45, 2.75) is 12.5 Å². The Morgan fingerprint density at radius 2 is 2.38 bits per heavy atom. The number of fused-ring (bicyclic) bond motifs is 1. The highest BCUT2D eigenvalue weighted by Crippen LogP contribution is 2.28. The van der Waals surface area contributed by atoms with Gasteiger partial charge in [-0.3, -0.25) is 4.99 Å². The molecule has 1 fully saturated rings. The zero-order valence-electron chi connectivity index (χ0n) is 8.99. The standard InChI is InChI=1S/C12H14FN3/c13-10-3-1-2-9(8-10)11-4-5-14-12-15-6-7-16(11)12/h1-3,8,11H,4-7H2,(H,14,15). The van der Waals surface area contributed by atoms with Gasteiger partial charge < -0.3 is 10.2 Å². The molecular weight excluding hydrogens is 205 g/mol. The van der Waals surface area contributed by atoms with Crippen molar-refractivity contribution in [2.24, 2.45) is 4.99 Å². The largest absolute Gasteiger partial charge is 0.354 e. The molecule has 1 saturated heterocycles. The van der Waals surface area contributed by atoms with Crippen LogP contribution < -0.4 is 5.32 Å². The van der Waals surface area contributed by atoms with Crippen molar-refractivity contribution in [3.8, 4) is 0 Å². The summed E-state index contributed by atoms with van der Waals surface area (Å²) in [4.78, 5) is 6.66. The minimum atomic E-state index is -0.159. The SMILES string of the molecule is Fc1cccc(C2CCN=C3NCCN32)c1. The van der Waals surface area contributed by atoms with Crippen molar-refractivity contribution in [2.75, 3.05) is 19.6 Å². The first-order valence-corrected chi connectivity index (χ1v) is 5.65. The summed E-state index contributed by atoms with van der Waals surface area (Å²) >= 11 is 0. The third-order valence-corrected chi connectivity index (χ3v) is 3.18. The Morgan fingerprint density at radius 3 is 3.25 bits per heavy atom. The third kappa shape index (κ3) is 1.54. The Bertz CT molecular complexity index is 430. The van der Waals surface area contributed by atoms with Gasteiger partial charge in [-0.1, -0.05) is 12.1 Å². The number of halogens is 1. The van der Waals surface area contributed by atoms with Crippen molar-refractivity contribution in [3.63, 3.8) is 0 Å². The second-order valence-electron chi connectivity index (χ2n) is 4.18. The minimum absolute atomic E-state index is 0.159. The van der Waals surface area contributed by atoms with Crippen LogP contribution in [0.25, 0.3) is 0 Å². The van der Waals surface area contributed by atoms with Crippen LogP contribution in [0.5, 0.6) is 0 Å². The van der Waals surface area contributed by atoms with Crippen LogP contribution in [0, 0.1) is 5.82 Å². The number of nitrogens with one attached hydrogen (secondary N) is 1. The summed E-state index contributed by atoms with van der Waals surface area (Å²) < 4.78 is 13.2. The van der Waals surface area contributed by atoms with Crippen LogP contribution in [-0.4, -0.2) is 30.5 Å². The molecule has 0 saturated carbocycles. The molecule has 3 nitrogen and oxygen atoms in total. The molecule has 1 unspecified atom stereocenters. The highest BCUT2D eigenvalue weighted by molar-refractivity contribution is 5.82. The highest BCUT2D eigenvalue weighted by atomic mass is 19.1. The summed E-state index contributed by atoms with van der Waals surface area (Å²) in [6.07, 6.45) is 0.967. The molecule has 4 heteroatoms. The van der Waals surface area contributed by atoms with Crippen molar-refractivity contribution >= 4 is 5.96 Å². The van der Waals surface area contributed by atoms with E-state index in [1.54, 1.807) is 12.1 Å². The molecule has 0 aromatic heterocycles. The van der Waals surface area contributed by atoms with Gasteiger partial charge in [0, 0.05) is 19.6 Å². The summed E-state index contributed by atoms with van der Waals surface area (Å²) in [5.41, 5.74) is 1.05. The van der Waals surface area contributed by atoms with Crippen molar-refractivity contribution < 1.29 is 4.39 Å². The molecule has 2 heterocycles. The fourth-order valence-corrected chi connectivity index (χ4v) is 2.45. The predicted molar refractivity (Wildman–Crippen MR) is 60.8 cm³/mol. The number of benzene rings is 1. The van der Waals surface area contributed by atoms with E-state index in [1.165, 1.54) is 6.07 Å². The minimum Gasteiger partial charge on any atom is -0.354 e. The molecule has 0 aliphatic carbocycles. The van der Waals surface area contributed by atoms with Crippen molar-refractivity contribution in [1.29, 1.82) is 0 Å². The first-order valence-electron chi connectivity index (χ1n) is 5.65. The topological polar surface area (TPSA) is 27.6 Å². The molecule has 3 rings (SSSR count). The molecule has 84 valence electrons. The maximum Gasteiger partial charge on any atom is 0.194 e. The zero-order valence-corrected chi connectivity index (χ0v) is 8.99. The van der Waals surface area contributed by atoms with E-state index >= 15 is 0 Å². The molecule has 0 spiro atoms. The van der Waals surface area contributed by atoms with E-state index in [0.717, 1.165) is 37.6 Å². The predicted octanol–water partition coefficient (Wildman–Crippen LogP) is 1.53. The second kappa shape index (κ2) is 3.77. The molecule has 1 aromatic rings. The highest BCUT2D eigenvalue weighted by Gasteiger charge is 2.30. The monoisotopic (exact) mass is 219 g/mol. The van der Waals surface area contributed by atoms with Crippen LogP contribution in [0.15, 0.2) is 29.3 Å². The molecule has 2 aliphatic rings. The van der Waals surface area contributed by atoms with E-state index in [9.17, 15) is 4.39 Å². The van der Waals surface area contributed by atoms with Crippen LogP contribution in [0.1, 0.15) is 18.0 Å². The van der Waals surface area contributed by atoms with Gasteiger partial charge in [0.15, 0.2) is 5.96 Å². The van der Waals surface area contributed by atoms with E-state index in [4.69, 9.17) is 0 Å². The number of rotatable bonds is 1. The molecule has 1 atom stereocenters. The number of hydrogen-bond donors (Lipinski definition) is 1. The third-order valence-electron chi connectivity index (χ3n) is 3.18. The number of aliphatic imine (C=N–C) groups is 1. The molecular formula is C12H14FN3. The smallest absolute Gasteiger partial charge is 0.194 e. The molecule has 2 aliphatic heterocycles. The van der Waals surface area contributed by atoms with Gasteiger partial charge in [-0.25, -0.2) is 4.39 Å². The van der Waals surface area contributed by atoms with E-state index in [2.05, 4.69) is 15.2 Å². The van der Waals surface area contributed by atoms with E-state index < -0.39 is 0 Å². The number of guanidine groups is 1. The van der Waals surface area contributed by atoms with Gasteiger partial charge >= 0.3 is 0 Å². The molecule has 0 radical (unpaired) electrons. The first kappa shape index (κ1) is 9.63. The van der Waals surface area contributed by atoms with Crippen LogP contribution in [0.3, 0.4) is 0 Å². The zero-order chi connectivity index (χ0) is 11.0. The van der Waals surface area contributed by atoms with Gasteiger partial charge in [-0.05, 0) is 24.1 Å². The van der Waals surface area contributed by atoms with Gasteiger partial charge in [0.25, 0.3) is 0 Å². The van der Waals surface area contributed by atoms with Crippen molar-refractivity contribution in [1.82, 2.24) is 10.2 Å². The van der Waals surface area contributed by atoms with Crippen LogP contribution in [0.4, 0.5) is 4.39 Å². The molecule has 0 amide bonds. The Morgan fingerprint density at radius 1 is 1.44 bits per heavy atom. The summed E-state index contributed by atoms with van der Waals surface area (Å²) in [5, 5.41) is 3.26. The molecule has 0 bridgehead atoms. The maximum absolute atomic E-state index is 13.2. The quantitative estimate of drug-likeness (QED) is 0.775. The Hall–Kier alpha value is -1.58. The average Bonchev–Trinajstić information content (AvgIpc) is 2.76. The average molecular weight is 219 g/mol. The summed E-state index contributed by atoms with van der Waals surface area (Å²) in [5.74, 6) is 0.814. The van der Waals surface area contributed by atoms with Crippen molar-refractivity contribution in [3.05, 3.63) is 35.6 Å². The summed E-state index contributed by atoms with van der Waals surface area (Å²) in [6.45, 7) is 2.71. The molecule has 1 N–H and O–H groups in total. The second-order valence-corrected chi connectivity index (χ2v) is 4.18. The Labute approximate surface area is 94.0 Å². The normalized spacial score (nSPS) is 23.7. The van der Waals surface area contributed by atoms with Gasteiger partial charge in [0.1, 0.15) is 5.82 Å². The molecule has 16 heavy (non-hydrogen) atoms. The maximum atomic E-state index is 13.2. The lowest BCUT2D eigenvalue weighted by atomic mass is 10.0. The van der Waals surface area contributed by atoms with E-state index in [-0.39, 0.29) is 11.9 Å². The van der Waals surface area contributed by atoms with Crippen LogP contribution in [-0.2, 0) is 0 Å². The number of nitrogens with zero attached hydrogens (tertiary/aromatic N) is 2. The van der Waals surface area contributed by atoms with E-state index in [1.807, 2.05) is 6.07 Å². The first-order chi connectivity index (χ1) is 7.84. The lowest BCUT2D eigenvalue weighted by molar-refractivity contribution is 0.314. The van der Waals surface area contributed by atoms with Gasteiger partial charge in [0.2, 0.25) is 0 Å². The van der Waals surface area contributed by atoms with E-state index in [0.29, 0.717) is 0 Å². The van der Waals surface area contributed by atoms with Gasteiger partial charge in [0.05, 0.1) is 6.04 Å². The Kier molecular flexibility index (Phi) is 2.27. The molecule has 1 aromatic carbocycles. The fraction of sp³-hybridized carbons (Fsp3) is 0.417. The summed E-state index contributed by atoms with van der Waals surface area (Å²) in [7, 11) is 0. The fourth-order valence-electron chi connectivity index (χ4n) is 2.45.